The van der Waals surface area contributed by atoms with E-state index in [1.54, 1.807) is 24.3 Å². The van der Waals surface area contributed by atoms with Gasteiger partial charge in [-0.1, -0.05) is 49.7 Å². The fourth-order valence-corrected chi connectivity index (χ4v) is 3.56. The zero-order chi connectivity index (χ0) is 19.7. The lowest BCUT2D eigenvalue weighted by molar-refractivity contribution is -0.136. The molecule has 0 saturated heterocycles. The van der Waals surface area contributed by atoms with Gasteiger partial charge in [0.15, 0.2) is 5.78 Å². The van der Waals surface area contributed by atoms with Crippen molar-refractivity contribution >= 4 is 23.4 Å². The summed E-state index contributed by atoms with van der Waals surface area (Å²) >= 11 is 5.94. The molecule has 0 aliphatic heterocycles. The molecule has 138 valence electrons. The highest BCUT2D eigenvalue weighted by atomic mass is 35.5. The number of carboxylic acids is 1. The maximum absolute atomic E-state index is 13.2. The van der Waals surface area contributed by atoms with Gasteiger partial charge in [-0.2, -0.15) is 0 Å². The van der Waals surface area contributed by atoms with Crippen LogP contribution in [0.25, 0.3) is 11.1 Å². The van der Waals surface area contributed by atoms with Gasteiger partial charge in [0.25, 0.3) is 0 Å². The van der Waals surface area contributed by atoms with E-state index < -0.39 is 5.97 Å². The third kappa shape index (κ3) is 3.74. The molecule has 1 N–H and O–H groups in total. The van der Waals surface area contributed by atoms with Crippen molar-refractivity contribution in [1.29, 1.82) is 0 Å². The summed E-state index contributed by atoms with van der Waals surface area (Å²) in [5.74, 6) is -0.699. The van der Waals surface area contributed by atoms with Crippen LogP contribution in [0.2, 0.25) is 5.02 Å². The maximum atomic E-state index is 13.2. The van der Waals surface area contributed by atoms with Crippen LogP contribution in [-0.4, -0.2) is 16.9 Å². The first-order valence-corrected chi connectivity index (χ1v) is 9.24. The molecule has 0 saturated carbocycles. The molecule has 1 aromatic carbocycles. The van der Waals surface area contributed by atoms with Crippen molar-refractivity contribution in [2.24, 2.45) is 0 Å². The van der Waals surface area contributed by atoms with Crippen LogP contribution < -0.4 is 0 Å². The van der Waals surface area contributed by atoms with Crippen molar-refractivity contribution in [2.75, 3.05) is 0 Å². The van der Waals surface area contributed by atoms with Crippen LogP contribution >= 0.6 is 11.6 Å². The van der Waals surface area contributed by atoms with E-state index in [0.717, 1.165) is 22.3 Å². The first kappa shape index (κ1) is 19.1. The molecule has 3 nitrogen and oxygen atoms in total. The molecule has 0 atom stereocenters. The Balaban J connectivity index is 2.24. The number of fused-ring (bicyclic) bond motifs is 1. The second kappa shape index (κ2) is 7.53. The Morgan fingerprint density at radius 1 is 0.963 bits per heavy atom. The zero-order valence-electron chi connectivity index (χ0n) is 15.5. The maximum Gasteiger partial charge on any atom is 0.307 e. The lowest BCUT2D eigenvalue weighted by atomic mass is 9.98. The molecule has 2 aliphatic rings. The summed E-state index contributed by atoms with van der Waals surface area (Å²) in [5.41, 5.74) is 5.26. The lowest BCUT2D eigenvalue weighted by Gasteiger charge is -2.04. The molecule has 3 rings (SSSR count). The molecule has 27 heavy (non-hydrogen) atoms. The summed E-state index contributed by atoms with van der Waals surface area (Å²) in [6.07, 6.45) is -0.114. The average Bonchev–Trinajstić information content (AvgIpc) is 2.76. The molecule has 1 aromatic rings. The second-order valence-electron chi connectivity index (χ2n) is 7.03. The summed E-state index contributed by atoms with van der Waals surface area (Å²) in [6.45, 7) is 6.02. The van der Waals surface area contributed by atoms with Crippen LogP contribution in [0.5, 0.6) is 0 Å². The topological polar surface area (TPSA) is 54.4 Å². The van der Waals surface area contributed by atoms with Crippen molar-refractivity contribution in [3.05, 3.63) is 81.4 Å². The first-order chi connectivity index (χ1) is 12.8. The van der Waals surface area contributed by atoms with Gasteiger partial charge in [-0.3, -0.25) is 9.59 Å². The fraction of sp³-hybridized carbons (Fsp3) is 0.217. The molecular formula is C23H21ClO3. The van der Waals surface area contributed by atoms with Crippen molar-refractivity contribution in [1.82, 2.24) is 0 Å². The van der Waals surface area contributed by atoms with Gasteiger partial charge in [0.1, 0.15) is 0 Å². The van der Waals surface area contributed by atoms with Crippen molar-refractivity contribution in [2.45, 2.75) is 33.1 Å². The minimum atomic E-state index is -0.911. The van der Waals surface area contributed by atoms with Crippen LogP contribution in [0.1, 0.15) is 52.4 Å². The number of hydrogen-bond acceptors (Lipinski definition) is 2. The van der Waals surface area contributed by atoms with Crippen molar-refractivity contribution < 1.29 is 14.7 Å². The predicted octanol–water partition coefficient (Wildman–Crippen LogP) is 5.73. The molecule has 0 bridgehead atoms. The molecule has 4 heteroatoms. The molecule has 0 amide bonds. The molecule has 0 heterocycles. The van der Waals surface area contributed by atoms with Gasteiger partial charge >= 0.3 is 5.97 Å². The minimum absolute atomic E-state index is 0.114. The van der Waals surface area contributed by atoms with Gasteiger partial charge in [-0.15, -0.1) is 0 Å². The highest BCUT2D eigenvalue weighted by Gasteiger charge is 2.26. The van der Waals surface area contributed by atoms with E-state index >= 15 is 0 Å². The highest BCUT2D eigenvalue weighted by molar-refractivity contribution is 6.30. The number of halogens is 1. The normalized spacial score (nSPS) is 11.1. The van der Waals surface area contributed by atoms with Gasteiger partial charge in [0, 0.05) is 16.1 Å². The van der Waals surface area contributed by atoms with Gasteiger partial charge in [0.2, 0.25) is 0 Å². The minimum Gasteiger partial charge on any atom is -0.481 e. The van der Waals surface area contributed by atoms with Crippen LogP contribution in [-0.2, 0) is 11.2 Å². The Bertz CT molecular complexity index is 987. The van der Waals surface area contributed by atoms with E-state index in [9.17, 15) is 14.7 Å². The molecule has 0 fully saturated rings. The molecule has 0 radical (unpaired) electrons. The number of carbonyl (C=O) groups is 2. The third-order valence-corrected chi connectivity index (χ3v) is 5.18. The number of carboxylic acid groups (broad SMARTS) is 1. The molecule has 0 aromatic heterocycles. The summed E-state index contributed by atoms with van der Waals surface area (Å²) < 4.78 is 0. The van der Waals surface area contributed by atoms with Crippen molar-refractivity contribution in [3.63, 3.8) is 0 Å². The second-order valence-corrected chi connectivity index (χ2v) is 7.47. The molecule has 2 aliphatic carbocycles. The number of hydrogen-bond donors (Lipinski definition) is 1. The van der Waals surface area contributed by atoms with Gasteiger partial charge in [0.05, 0.1) is 6.42 Å². The van der Waals surface area contributed by atoms with E-state index in [4.69, 9.17) is 11.6 Å². The van der Waals surface area contributed by atoms with E-state index in [0.29, 0.717) is 27.6 Å². The number of benzene rings is 1. The summed E-state index contributed by atoms with van der Waals surface area (Å²) in [6, 6.07) is 14.7. The third-order valence-electron chi connectivity index (χ3n) is 4.93. The average molecular weight is 381 g/mol. The van der Waals surface area contributed by atoms with E-state index in [1.807, 2.05) is 31.2 Å². The van der Waals surface area contributed by atoms with Gasteiger partial charge in [-0.25, -0.2) is 0 Å². The standard InChI is InChI=1S/C23H21ClO3/c1-13(2)15-6-10-18-19(11-7-15)22(14(3)20(18)12-21(25)26)23(27)16-4-8-17(24)9-5-16/h4-11,13H,12H2,1-3H3,(H,25,26). The van der Waals surface area contributed by atoms with Crippen LogP contribution in [0.4, 0.5) is 0 Å². The molecule has 0 unspecified atom stereocenters. The Hall–Kier alpha value is -2.65. The van der Waals surface area contributed by atoms with Gasteiger partial charge < -0.3 is 5.11 Å². The Labute approximate surface area is 163 Å². The first-order valence-electron chi connectivity index (χ1n) is 8.86. The largest absolute Gasteiger partial charge is 0.481 e. The quantitative estimate of drug-likeness (QED) is 0.574. The summed E-state index contributed by atoms with van der Waals surface area (Å²) in [7, 11) is 0. The lowest BCUT2D eigenvalue weighted by Crippen LogP contribution is -2.04. The highest BCUT2D eigenvalue weighted by Crippen LogP contribution is 2.38. The van der Waals surface area contributed by atoms with E-state index in [-0.39, 0.29) is 12.2 Å². The molecule has 0 spiro atoms. The SMILES string of the molecule is Cc1c(CC(=O)O)c2ccc(C(C)C)ccc-2c1C(=O)c1ccc(Cl)cc1. The number of ketones is 1. The molecular weight excluding hydrogens is 360 g/mol. The number of rotatable bonds is 5. The van der Waals surface area contributed by atoms with Crippen LogP contribution in [0.3, 0.4) is 0 Å². The predicted molar refractivity (Wildman–Crippen MR) is 108 cm³/mol. The monoisotopic (exact) mass is 380 g/mol. The Morgan fingerprint density at radius 2 is 1.56 bits per heavy atom. The number of carbonyl (C=O) groups excluding carboxylic acids is 1. The Kier molecular flexibility index (Phi) is 5.33. The summed E-state index contributed by atoms with van der Waals surface area (Å²) in [4.78, 5) is 24.6. The summed E-state index contributed by atoms with van der Waals surface area (Å²) in [5, 5.41) is 9.92. The fourth-order valence-electron chi connectivity index (χ4n) is 3.43. The van der Waals surface area contributed by atoms with Gasteiger partial charge in [-0.05, 0) is 64.9 Å². The van der Waals surface area contributed by atoms with E-state index in [1.165, 1.54) is 0 Å². The Morgan fingerprint density at radius 3 is 2.11 bits per heavy atom. The smallest absolute Gasteiger partial charge is 0.307 e. The van der Waals surface area contributed by atoms with Crippen LogP contribution in [0.15, 0.2) is 48.5 Å². The van der Waals surface area contributed by atoms with E-state index in [2.05, 4.69) is 13.8 Å². The zero-order valence-corrected chi connectivity index (χ0v) is 16.3. The number of aliphatic carboxylic acids is 1. The van der Waals surface area contributed by atoms with Crippen LogP contribution in [0, 0.1) is 6.92 Å². The van der Waals surface area contributed by atoms with Crippen molar-refractivity contribution in [3.8, 4) is 11.1 Å².